The number of methoxy groups -OCH3 is 4. The van der Waals surface area contributed by atoms with Crippen LogP contribution in [0.15, 0.2) is 106 Å². The minimum absolute atomic E-state index is 0.0619. The lowest BCUT2D eigenvalue weighted by Crippen LogP contribution is -2.41. The van der Waals surface area contributed by atoms with Crippen molar-refractivity contribution < 1.29 is 84.5 Å². The molecule has 0 radical (unpaired) electrons. The number of ether oxygens (including phenoxy) is 9. The number of sulfonamides is 1. The number of nitrogen functional groups attached to an aromatic ring is 2. The number of carbonyl (C=O) groups is 4. The van der Waals surface area contributed by atoms with E-state index in [1.807, 2.05) is 206 Å². The van der Waals surface area contributed by atoms with Crippen molar-refractivity contribution >= 4 is 147 Å². The first-order chi connectivity index (χ1) is 62.6. The molecule has 0 spiro atoms. The maximum absolute atomic E-state index is 12.7. The van der Waals surface area contributed by atoms with Gasteiger partial charge in [-0.15, -0.1) is 0 Å². The van der Waals surface area contributed by atoms with E-state index < -0.39 is 85.6 Å². The van der Waals surface area contributed by atoms with Crippen LogP contribution < -0.4 is 26.4 Å². The Balaban J connectivity index is 0.000000233. The molecule has 0 aromatic heterocycles. The highest BCUT2D eigenvalue weighted by atomic mass is 79.9. The number of hydrogen-bond acceptors (Lipinski definition) is 21. The number of benzene rings is 9. The van der Waals surface area contributed by atoms with E-state index in [9.17, 15) is 37.7 Å². The molecule has 31 heteroatoms. The Kier molecular flexibility index (Phi) is 38.5. The van der Waals surface area contributed by atoms with Gasteiger partial charge in [0, 0.05) is 79.4 Å². The number of nitrogens with two attached hydrogens (primary N) is 2. The molecule has 1 fully saturated rings. The van der Waals surface area contributed by atoms with Crippen molar-refractivity contribution in [3.63, 3.8) is 0 Å². The van der Waals surface area contributed by atoms with Crippen LogP contribution in [0.2, 0.25) is 20.1 Å². The maximum Gasteiger partial charge on any atom is 0.495 e. The molecule has 738 valence electrons. The maximum atomic E-state index is 12.7. The van der Waals surface area contributed by atoms with Gasteiger partial charge < -0.3 is 63.4 Å². The molecule has 2 aliphatic rings. The molecule has 0 aliphatic carbocycles. The van der Waals surface area contributed by atoms with Crippen molar-refractivity contribution in [1.82, 2.24) is 0 Å². The highest BCUT2D eigenvalue weighted by Crippen LogP contribution is 2.50. The van der Waals surface area contributed by atoms with Crippen molar-refractivity contribution in [2.45, 2.75) is 272 Å². The third-order valence-electron chi connectivity index (χ3n) is 23.5. The lowest BCUT2D eigenvalue weighted by atomic mass is 9.74. The molecule has 9 aromatic carbocycles. The summed E-state index contributed by atoms with van der Waals surface area (Å²) in [5.74, 6) is -1.07. The second kappa shape index (κ2) is 45.7. The molecule has 4 atom stereocenters. The van der Waals surface area contributed by atoms with Gasteiger partial charge >= 0.3 is 31.0 Å². The smallest absolute Gasteiger partial charge is 0.493 e. The van der Waals surface area contributed by atoms with Gasteiger partial charge in [-0.25, -0.2) is 27.6 Å². The Morgan fingerprint density at radius 2 is 0.787 bits per heavy atom. The molecule has 0 unspecified atom stereocenters. The van der Waals surface area contributed by atoms with E-state index in [2.05, 4.69) is 83.3 Å². The van der Waals surface area contributed by atoms with Gasteiger partial charge in [-0.1, -0.05) is 121 Å². The average Bonchev–Trinajstić information content (AvgIpc) is 1.55. The number of fused-ring (bicyclic) bond motifs is 1. The molecule has 5 N–H and O–H groups in total. The Morgan fingerprint density at radius 3 is 1.15 bits per heavy atom. The van der Waals surface area contributed by atoms with Crippen LogP contribution >= 0.6 is 78.3 Å². The lowest BCUT2D eigenvalue weighted by Gasteiger charge is -2.32. The molecule has 136 heavy (non-hydrogen) atoms. The molecule has 0 amide bonds. The second-order valence-electron chi connectivity index (χ2n) is 39.1. The number of anilines is 3. The van der Waals surface area contributed by atoms with Gasteiger partial charge in [0.25, 0.3) is 5.69 Å². The third kappa shape index (κ3) is 28.0. The van der Waals surface area contributed by atoms with Crippen LogP contribution in [0.5, 0.6) is 5.75 Å². The molecule has 2 heterocycles. The van der Waals surface area contributed by atoms with Crippen molar-refractivity contribution in [2.75, 3.05) is 57.5 Å². The van der Waals surface area contributed by atoms with E-state index in [4.69, 9.17) is 110 Å². The van der Waals surface area contributed by atoms with Gasteiger partial charge in [0.1, 0.15) is 5.75 Å². The predicted molar refractivity (Wildman–Crippen MR) is 557 cm³/mol. The van der Waals surface area contributed by atoms with Crippen molar-refractivity contribution in [3.8, 4) is 50.3 Å². The largest absolute Gasteiger partial charge is 0.495 e. The van der Waals surface area contributed by atoms with E-state index in [-0.39, 0.29) is 24.0 Å². The highest BCUT2D eigenvalue weighted by Gasteiger charge is 2.52. The van der Waals surface area contributed by atoms with Gasteiger partial charge in [0.05, 0.1) is 91.1 Å². The summed E-state index contributed by atoms with van der Waals surface area (Å²) in [6.07, 6.45) is -0.607. The second-order valence-corrected chi connectivity index (χ2v) is 44.1. The van der Waals surface area contributed by atoms with Crippen LogP contribution in [-0.2, 0) is 82.8 Å². The normalized spacial score (nSPS) is 14.3. The minimum atomic E-state index is -3.63. The summed E-state index contributed by atoms with van der Waals surface area (Å²) >= 11 is 32.0. The van der Waals surface area contributed by atoms with Crippen LogP contribution in [0, 0.1) is 100 Å². The zero-order chi connectivity index (χ0) is 103. The summed E-state index contributed by atoms with van der Waals surface area (Å²) in [6, 6.07) is 30.3. The van der Waals surface area contributed by atoms with E-state index in [1.54, 1.807) is 45.0 Å². The first-order valence-electron chi connectivity index (χ1n) is 44.4. The van der Waals surface area contributed by atoms with E-state index in [1.165, 1.54) is 39.6 Å². The molecule has 1 saturated heterocycles. The summed E-state index contributed by atoms with van der Waals surface area (Å²) in [7, 11) is 1.35. The van der Waals surface area contributed by atoms with Crippen molar-refractivity contribution in [1.29, 1.82) is 0 Å². The molecule has 0 bridgehead atoms. The number of carbonyl (C=O) groups excluding carboxylic acids is 4. The topological polar surface area (TPSA) is 311 Å². The Labute approximate surface area is 841 Å². The highest BCUT2D eigenvalue weighted by molar-refractivity contribution is 9.11. The van der Waals surface area contributed by atoms with E-state index in [0.29, 0.717) is 91.7 Å². The van der Waals surface area contributed by atoms with Crippen LogP contribution in [0.4, 0.5) is 22.7 Å². The van der Waals surface area contributed by atoms with Crippen LogP contribution in [0.3, 0.4) is 0 Å². The standard InChI is InChI=1S/C23H29BrClNO5S.C22H27BrClNO3.C22H26ClNO5.C22H28ClNO3.C16H23BO3/c1-12-11-15(9-10-16(12)25)17-13(2)19(24)18(14(3)20(17)26-32(8,28)29)21(22(27)30-7)31-23(4,5)6;1-11-10-14(8-9-15(11)24)16-12(2)18(23)17(13(3)19(16)25)20(21(26)27-7)28-22(4,5)6;1-12-10-15(8-9-17(12)23)18-13(2)11-16(14(3)19(18)24(26)27)20(21(25)28-7)29-22(4,5)6;1-12-10-15(8-9-17(12)23)18-13(2)11-16(14(3)19(18)24)20(21(25)26-7)27-22(4,5)6;1-11-12-7-6-10-18-14(12)9-8-13(11)17-19-15(2,3)16(4,5)20-17/h9-11,21,26H,1-8H3;8-10,20H,25H2,1-7H3;8-11,20H,1-7H3;8-11,20H,24H2,1-7H3;8-9H,6-7,10H2,1-5H3/t21-;3*20-;/m0000./s1. The number of halogens is 6. The van der Waals surface area contributed by atoms with E-state index >= 15 is 0 Å². The summed E-state index contributed by atoms with van der Waals surface area (Å²) in [5.41, 5.74) is 33.6. The van der Waals surface area contributed by atoms with Gasteiger partial charge in [-0.2, -0.15) is 0 Å². The van der Waals surface area contributed by atoms with Gasteiger partial charge in [-0.05, 0) is 374 Å². The van der Waals surface area contributed by atoms with Gasteiger partial charge in [0.15, 0.2) is 24.4 Å². The summed E-state index contributed by atoms with van der Waals surface area (Å²) in [4.78, 5) is 61.7. The molecule has 2 aliphatic heterocycles. The number of rotatable bonds is 20. The number of hydrogen-bond donors (Lipinski definition) is 3. The van der Waals surface area contributed by atoms with Gasteiger partial charge in [0.2, 0.25) is 10.0 Å². The number of nitrogens with zero attached hydrogens (tertiary/aromatic N) is 1. The summed E-state index contributed by atoms with van der Waals surface area (Å²) < 4.78 is 90.6. The monoisotopic (exact) mass is 2090 g/mol. The predicted octanol–water partition coefficient (Wildman–Crippen LogP) is 26.4. The molecular formula is C105H133BBr2Cl4N4O19S. The average molecular weight is 2100 g/mol. The van der Waals surface area contributed by atoms with Crippen molar-refractivity contribution in [3.05, 3.63) is 236 Å². The lowest BCUT2D eigenvalue weighted by molar-refractivity contribution is -0.384. The third-order valence-corrected chi connectivity index (χ3v) is 27.8. The first kappa shape index (κ1) is 114. The fraction of sp³-hybridized carbons (Fsp3) is 0.448. The number of nitro groups is 1. The van der Waals surface area contributed by atoms with Crippen LogP contribution in [0.1, 0.15) is 242 Å². The zero-order valence-corrected chi connectivity index (χ0v) is 91.8. The molecular weight excluding hydrogens is 1970 g/mol. The minimum Gasteiger partial charge on any atom is -0.493 e. The Morgan fingerprint density at radius 1 is 0.456 bits per heavy atom. The molecule has 9 aromatic rings. The SMILES string of the molecule is COC(=O)[C@@H](OC(C)(C)C)c1c(C)c(N)c(-c2ccc(Cl)c(C)c2)c(C)c1Br.COC(=O)[C@@H](OC(C)(C)C)c1c(C)c(NS(C)(=O)=O)c(-c2ccc(Cl)c(C)c2)c(C)c1Br.COC(=O)[C@@H](OC(C)(C)C)c1cc(C)c(-c2ccc(Cl)c(C)c2)c(N)c1C.COC(=O)[C@@H](OC(C)(C)C)c1cc(C)c(-c2ccc(Cl)c(C)c2)c([N+](=O)[O-])c1C.Cc1c(B2OC(C)(C)C(C)(C)O2)ccc2c1CCCO2. The van der Waals surface area contributed by atoms with E-state index in [0.717, 1.165) is 125 Å². The first-order valence-corrected chi connectivity index (χ1v) is 49.4. The number of nitro benzene ring substituents is 1. The molecule has 0 saturated carbocycles. The summed E-state index contributed by atoms with van der Waals surface area (Å²) in [5, 5.41) is 14.7. The number of nitrogens with one attached hydrogen (secondary N) is 1. The molecule has 11 rings (SSSR count). The Bertz CT molecular complexity index is 6090. The quantitative estimate of drug-likeness (QED) is 0.0159. The summed E-state index contributed by atoms with van der Waals surface area (Å²) in [6.45, 7) is 56.0. The van der Waals surface area contributed by atoms with Crippen molar-refractivity contribution in [2.24, 2.45) is 0 Å². The number of esters is 4. The molecule has 23 nitrogen and oxygen atoms in total. The fourth-order valence-electron chi connectivity index (χ4n) is 15.9. The van der Waals surface area contributed by atoms with Crippen LogP contribution in [0.25, 0.3) is 44.5 Å². The fourth-order valence-corrected chi connectivity index (χ4v) is 18.4. The zero-order valence-electron chi connectivity index (χ0n) is 84.8. The number of aryl methyl sites for hydroxylation is 6. The Hall–Kier alpha value is -8.65. The van der Waals surface area contributed by atoms with Crippen LogP contribution in [-0.4, -0.2) is 119 Å². The van der Waals surface area contributed by atoms with Gasteiger partial charge in [-0.3, -0.25) is 14.8 Å².